The molecule has 0 bridgehead atoms. The Kier molecular flexibility index (Phi) is 5.78. The van der Waals surface area contributed by atoms with E-state index in [0.29, 0.717) is 22.2 Å². The molecule has 0 aliphatic carbocycles. The first-order valence-corrected chi connectivity index (χ1v) is 10.3. The standard InChI is InChI=1S/C19H21N3O2S2/c1-13-4-6-15(7-5-13)14(2)21(3)18(24)12-25-11-16-10-17(23)22-8-9-26-19(22)20-16/h4-10,14H,11-12H2,1-3H3. The first-order chi connectivity index (χ1) is 12.5. The monoisotopic (exact) mass is 387 g/mol. The number of rotatable bonds is 6. The molecule has 2 aromatic heterocycles. The number of hydrogen-bond donors (Lipinski definition) is 0. The zero-order valence-electron chi connectivity index (χ0n) is 15.0. The van der Waals surface area contributed by atoms with Crippen molar-refractivity contribution >= 4 is 34.0 Å². The average Bonchev–Trinajstić information content (AvgIpc) is 3.10. The number of aryl methyl sites for hydroxylation is 1. The van der Waals surface area contributed by atoms with Crippen molar-refractivity contribution in [2.75, 3.05) is 12.8 Å². The molecule has 0 aliphatic rings. The van der Waals surface area contributed by atoms with E-state index in [1.807, 2.05) is 26.3 Å². The number of carbonyl (C=O) groups is 1. The number of amides is 1. The molecular weight excluding hydrogens is 366 g/mol. The van der Waals surface area contributed by atoms with Gasteiger partial charge in [0.2, 0.25) is 5.91 Å². The van der Waals surface area contributed by atoms with Crippen LogP contribution in [0.2, 0.25) is 0 Å². The van der Waals surface area contributed by atoms with Gasteiger partial charge in [0, 0.05) is 30.4 Å². The highest BCUT2D eigenvalue weighted by molar-refractivity contribution is 7.99. The lowest BCUT2D eigenvalue weighted by atomic mass is 10.1. The first kappa shape index (κ1) is 18.7. The van der Waals surface area contributed by atoms with Gasteiger partial charge in [-0.15, -0.1) is 23.1 Å². The number of nitrogens with zero attached hydrogens (tertiary/aromatic N) is 3. The van der Waals surface area contributed by atoms with Crippen LogP contribution < -0.4 is 5.56 Å². The predicted octanol–water partition coefficient (Wildman–Crippen LogP) is 3.52. The smallest absolute Gasteiger partial charge is 0.258 e. The minimum atomic E-state index is -0.0803. The average molecular weight is 388 g/mol. The van der Waals surface area contributed by atoms with Crippen LogP contribution in [-0.2, 0) is 10.5 Å². The van der Waals surface area contributed by atoms with Crippen LogP contribution in [0.4, 0.5) is 0 Å². The highest BCUT2D eigenvalue weighted by Crippen LogP contribution is 2.21. The van der Waals surface area contributed by atoms with E-state index in [1.165, 1.54) is 39.1 Å². The molecule has 136 valence electrons. The third kappa shape index (κ3) is 4.16. The maximum atomic E-state index is 12.5. The van der Waals surface area contributed by atoms with E-state index in [2.05, 4.69) is 29.2 Å². The number of hydrogen-bond acceptors (Lipinski definition) is 5. The second-order valence-electron chi connectivity index (χ2n) is 6.23. The van der Waals surface area contributed by atoms with E-state index in [1.54, 1.807) is 11.1 Å². The van der Waals surface area contributed by atoms with Crippen LogP contribution in [0.25, 0.3) is 4.96 Å². The number of carbonyl (C=O) groups excluding carboxylic acids is 1. The Morgan fingerprint density at radius 2 is 2.08 bits per heavy atom. The van der Waals surface area contributed by atoms with Crippen molar-refractivity contribution in [3.8, 4) is 0 Å². The molecular formula is C19H21N3O2S2. The van der Waals surface area contributed by atoms with Gasteiger partial charge in [0.05, 0.1) is 17.5 Å². The number of aromatic nitrogens is 2. The van der Waals surface area contributed by atoms with Crippen LogP contribution >= 0.6 is 23.1 Å². The van der Waals surface area contributed by atoms with E-state index in [0.717, 1.165) is 5.56 Å². The van der Waals surface area contributed by atoms with E-state index in [4.69, 9.17) is 0 Å². The molecule has 0 fully saturated rings. The Balaban J connectivity index is 1.57. The summed E-state index contributed by atoms with van der Waals surface area (Å²) in [5.74, 6) is 0.970. The lowest BCUT2D eigenvalue weighted by molar-refractivity contribution is -0.128. The van der Waals surface area contributed by atoms with Crippen LogP contribution in [0.3, 0.4) is 0 Å². The maximum Gasteiger partial charge on any atom is 0.258 e. The number of thiazole rings is 1. The topological polar surface area (TPSA) is 54.7 Å². The Morgan fingerprint density at radius 1 is 1.35 bits per heavy atom. The highest BCUT2D eigenvalue weighted by atomic mass is 32.2. The molecule has 1 atom stereocenters. The van der Waals surface area contributed by atoms with E-state index in [-0.39, 0.29) is 17.5 Å². The van der Waals surface area contributed by atoms with Crippen molar-refractivity contribution < 1.29 is 4.79 Å². The fourth-order valence-electron chi connectivity index (χ4n) is 2.59. The molecule has 7 heteroatoms. The minimum absolute atomic E-state index is 0.0222. The van der Waals surface area contributed by atoms with Gasteiger partial charge in [-0.05, 0) is 19.4 Å². The summed E-state index contributed by atoms with van der Waals surface area (Å²) in [4.78, 5) is 31.4. The molecule has 3 aromatic rings. The van der Waals surface area contributed by atoms with Crippen molar-refractivity contribution in [3.63, 3.8) is 0 Å². The van der Waals surface area contributed by atoms with Crippen molar-refractivity contribution in [1.82, 2.24) is 14.3 Å². The highest BCUT2D eigenvalue weighted by Gasteiger charge is 2.17. The lowest BCUT2D eigenvalue weighted by Crippen LogP contribution is -2.31. The lowest BCUT2D eigenvalue weighted by Gasteiger charge is -2.25. The molecule has 0 saturated heterocycles. The van der Waals surface area contributed by atoms with Gasteiger partial charge in [-0.3, -0.25) is 14.0 Å². The third-order valence-corrected chi connectivity index (χ3v) is 6.07. The summed E-state index contributed by atoms with van der Waals surface area (Å²) in [6.45, 7) is 4.08. The second kappa shape index (κ2) is 8.05. The molecule has 0 radical (unpaired) electrons. The summed E-state index contributed by atoms with van der Waals surface area (Å²) < 4.78 is 1.53. The van der Waals surface area contributed by atoms with E-state index in [9.17, 15) is 9.59 Å². The quantitative estimate of drug-likeness (QED) is 0.649. The molecule has 0 spiro atoms. The molecule has 5 nitrogen and oxygen atoms in total. The number of thioether (sulfide) groups is 1. The van der Waals surface area contributed by atoms with Crippen LogP contribution in [0.1, 0.15) is 29.8 Å². The van der Waals surface area contributed by atoms with Crippen molar-refractivity contribution in [1.29, 1.82) is 0 Å². The normalized spacial score (nSPS) is 12.3. The van der Waals surface area contributed by atoms with Gasteiger partial charge in [0.25, 0.3) is 5.56 Å². The molecule has 1 amide bonds. The van der Waals surface area contributed by atoms with Crippen molar-refractivity contribution in [2.24, 2.45) is 0 Å². The zero-order chi connectivity index (χ0) is 18.7. The van der Waals surface area contributed by atoms with Gasteiger partial charge < -0.3 is 4.90 Å². The van der Waals surface area contributed by atoms with Gasteiger partial charge in [0.1, 0.15) is 0 Å². The van der Waals surface area contributed by atoms with Crippen LogP contribution in [0.15, 0.2) is 46.7 Å². The maximum absolute atomic E-state index is 12.5. The Bertz CT molecular complexity index is 963. The summed E-state index contributed by atoms with van der Waals surface area (Å²) in [5.41, 5.74) is 2.96. The fourth-order valence-corrected chi connectivity index (χ4v) is 4.17. The Labute approximate surface area is 160 Å². The molecule has 26 heavy (non-hydrogen) atoms. The molecule has 0 saturated carbocycles. The summed E-state index contributed by atoms with van der Waals surface area (Å²) in [5, 5.41) is 1.84. The van der Waals surface area contributed by atoms with Gasteiger partial charge in [0.15, 0.2) is 4.96 Å². The van der Waals surface area contributed by atoms with Crippen molar-refractivity contribution in [3.05, 3.63) is 69.1 Å². The summed E-state index contributed by atoms with van der Waals surface area (Å²) in [7, 11) is 1.83. The fraction of sp³-hybridized carbons (Fsp3) is 0.316. The van der Waals surface area contributed by atoms with Gasteiger partial charge in [-0.25, -0.2) is 4.98 Å². The molecule has 0 aliphatic heterocycles. The first-order valence-electron chi connectivity index (χ1n) is 8.31. The zero-order valence-corrected chi connectivity index (χ0v) is 16.6. The number of benzene rings is 1. The molecule has 0 N–H and O–H groups in total. The summed E-state index contributed by atoms with van der Waals surface area (Å²) >= 11 is 2.91. The largest absolute Gasteiger partial charge is 0.338 e. The second-order valence-corrected chi connectivity index (χ2v) is 8.08. The van der Waals surface area contributed by atoms with Crippen LogP contribution in [0, 0.1) is 6.92 Å². The van der Waals surface area contributed by atoms with Crippen LogP contribution in [-0.4, -0.2) is 33.0 Å². The number of fused-ring (bicyclic) bond motifs is 1. The molecule has 1 unspecified atom stereocenters. The van der Waals surface area contributed by atoms with E-state index < -0.39 is 0 Å². The Hall–Kier alpha value is -2.12. The van der Waals surface area contributed by atoms with Crippen LogP contribution in [0.5, 0.6) is 0 Å². The van der Waals surface area contributed by atoms with Gasteiger partial charge >= 0.3 is 0 Å². The summed E-state index contributed by atoms with van der Waals surface area (Å²) in [6, 6.07) is 9.80. The molecule has 3 rings (SSSR count). The third-order valence-electron chi connectivity index (χ3n) is 4.37. The van der Waals surface area contributed by atoms with E-state index >= 15 is 0 Å². The minimum Gasteiger partial charge on any atom is -0.338 e. The predicted molar refractivity (Wildman–Crippen MR) is 108 cm³/mol. The van der Waals surface area contributed by atoms with Crippen molar-refractivity contribution in [2.45, 2.75) is 25.6 Å². The van der Waals surface area contributed by atoms with Gasteiger partial charge in [-0.1, -0.05) is 29.8 Å². The Morgan fingerprint density at radius 3 is 2.81 bits per heavy atom. The molecule has 2 heterocycles. The summed E-state index contributed by atoms with van der Waals surface area (Å²) in [6.07, 6.45) is 1.72. The SMILES string of the molecule is Cc1ccc(C(C)N(C)C(=O)CSCc2cc(=O)n3ccsc3n2)cc1. The van der Waals surface area contributed by atoms with Gasteiger partial charge in [-0.2, -0.15) is 0 Å². The molecule has 1 aromatic carbocycles.